The zero-order chi connectivity index (χ0) is 14.3. The van der Waals surface area contributed by atoms with Crippen LogP contribution in [0.25, 0.3) is 10.9 Å². The van der Waals surface area contributed by atoms with Crippen molar-refractivity contribution in [3.05, 3.63) is 36.2 Å². The fraction of sp³-hybridized carbons (Fsp3) is 0.214. The number of benzene rings is 1. The second-order valence-corrected chi connectivity index (χ2v) is 4.74. The Labute approximate surface area is 116 Å². The number of anilines is 3. The van der Waals surface area contributed by atoms with Gasteiger partial charge in [0.05, 0.1) is 5.52 Å². The Morgan fingerprint density at radius 1 is 1.25 bits per heavy atom. The molecule has 6 heteroatoms. The van der Waals surface area contributed by atoms with E-state index < -0.39 is 0 Å². The first-order chi connectivity index (χ1) is 9.56. The summed E-state index contributed by atoms with van der Waals surface area (Å²) in [5.74, 6) is 1.02. The van der Waals surface area contributed by atoms with Gasteiger partial charge < -0.3 is 10.6 Å². The summed E-state index contributed by atoms with van der Waals surface area (Å²) >= 11 is 0. The van der Waals surface area contributed by atoms with E-state index in [2.05, 4.69) is 34.1 Å². The third-order valence-corrected chi connectivity index (χ3v) is 3.50. The zero-order valence-corrected chi connectivity index (χ0v) is 11.7. The van der Waals surface area contributed by atoms with Crippen LogP contribution >= 0.6 is 0 Å². The standard InChI is InChI=1S/C14H16N6/c1-9-11-5-4-10(8-12(11)18-20(9)3)19(2)13-6-7-16-14(15)17-13/h4-8H,1-3H3,(H2,15,16,17). The molecule has 0 saturated heterocycles. The maximum absolute atomic E-state index is 5.62. The van der Waals surface area contributed by atoms with E-state index in [0.29, 0.717) is 0 Å². The van der Waals surface area contributed by atoms with Crippen LogP contribution in [0.3, 0.4) is 0 Å². The van der Waals surface area contributed by atoms with Gasteiger partial charge in [-0.2, -0.15) is 10.1 Å². The largest absolute Gasteiger partial charge is 0.368 e. The van der Waals surface area contributed by atoms with Crippen LogP contribution in [0.4, 0.5) is 17.5 Å². The molecule has 0 bridgehead atoms. The van der Waals surface area contributed by atoms with Crippen molar-refractivity contribution in [2.75, 3.05) is 17.7 Å². The molecule has 0 unspecified atom stereocenters. The summed E-state index contributed by atoms with van der Waals surface area (Å²) in [6.07, 6.45) is 1.65. The van der Waals surface area contributed by atoms with Crippen molar-refractivity contribution in [3.63, 3.8) is 0 Å². The van der Waals surface area contributed by atoms with Crippen LogP contribution in [0.2, 0.25) is 0 Å². The van der Waals surface area contributed by atoms with Crippen LogP contribution < -0.4 is 10.6 Å². The Morgan fingerprint density at radius 2 is 2.05 bits per heavy atom. The van der Waals surface area contributed by atoms with Gasteiger partial charge in [0.2, 0.25) is 5.95 Å². The number of aromatic nitrogens is 4. The molecule has 0 saturated carbocycles. The first-order valence-electron chi connectivity index (χ1n) is 6.32. The third-order valence-electron chi connectivity index (χ3n) is 3.50. The van der Waals surface area contributed by atoms with Gasteiger partial charge in [-0.15, -0.1) is 0 Å². The number of hydrogen-bond donors (Lipinski definition) is 1. The smallest absolute Gasteiger partial charge is 0.221 e. The minimum Gasteiger partial charge on any atom is -0.368 e. The number of nitrogens with two attached hydrogens (primary N) is 1. The van der Waals surface area contributed by atoms with E-state index in [1.165, 1.54) is 0 Å². The van der Waals surface area contributed by atoms with Crippen molar-refractivity contribution in [2.45, 2.75) is 6.92 Å². The molecule has 6 nitrogen and oxygen atoms in total. The molecule has 102 valence electrons. The molecule has 20 heavy (non-hydrogen) atoms. The summed E-state index contributed by atoms with van der Waals surface area (Å²) in [6.45, 7) is 2.06. The highest BCUT2D eigenvalue weighted by Gasteiger charge is 2.10. The Hall–Kier alpha value is -2.63. The molecule has 2 N–H and O–H groups in total. The number of nitrogen functional groups attached to an aromatic ring is 1. The van der Waals surface area contributed by atoms with Crippen LogP contribution in [-0.4, -0.2) is 26.8 Å². The number of aryl methyl sites for hydroxylation is 2. The van der Waals surface area contributed by atoms with Crippen LogP contribution in [-0.2, 0) is 7.05 Å². The maximum Gasteiger partial charge on any atom is 0.221 e. The first kappa shape index (κ1) is 12.4. The van der Waals surface area contributed by atoms with Gasteiger partial charge in [-0.25, -0.2) is 4.98 Å². The highest BCUT2D eigenvalue weighted by atomic mass is 15.3. The number of hydrogen-bond acceptors (Lipinski definition) is 5. The molecule has 0 aliphatic heterocycles. The van der Waals surface area contributed by atoms with Crippen molar-refractivity contribution in [3.8, 4) is 0 Å². The van der Waals surface area contributed by atoms with Gasteiger partial charge in [-0.1, -0.05) is 0 Å². The van der Waals surface area contributed by atoms with E-state index in [-0.39, 0.29) is 5.95 Å². The summed E-state index contributed by atoms with van der Waals surface area (Å²) in [6, 6.07) is 7.99. The Morgan fingerprint density at radius 3 is 2.80 bits per heavy atom. The van der Waals surface area contributed by atoms with Gasteiger partial charge in [0, 0.05) is 37.1 Å². The molecule has 3 aromatic rings. The van der Waals surface area contributed by atoms with Crippen molar-refractivity contribution in [1.82, 2.24) is 19.7 Å². The average molecular weight is 268 g/mol. The summed E-state index contributed by atoms with van der Waals surface area (Å²) in [4.78, 5) is 10.1. The molecular formula is C14H16N6. The van der Waals surface area contributed by atoms with E-state index in [0.717, 1.165) is 28.1 Å². The summed E-state index contributed by atoms with van der Waals surface area (Å²) in [7, 11) is 3.89. The molecule has 0 aliphatic rings. The third kappa shape index (κ3) is 1.95. The molecule has 0 radical (unpaired) electrons. The summed E-state index contributed by atoms with van der Waals surface area (Å²) in [5.41, 5.74) is 8.75. The second-order valence-electron chi connectivity index (χ2n) is 4.74. The van der Waals surface area contributed by atoms with Crippen LogP contribution in [0, 0.1) is 6.92 Å². The molecule has 0 aliphatic carbocycles. The van der Waals surface area contributed by atoms with Crippen LogP contribution in [0.5, 0.6) is 0 Å². The van der Waals surface area contributed by atoms with Gasteiger partial charge in [0.1, 0.15) is 5.82 Å². The van der Waals surface area contributed by atoms with E-state index in [1.54, 1.807) is 6.20 Å². The Balaban J connectivity index is 2.05. The van der Waals surface area contributed by atoms with E-state index >= 15 is 0 Å². The normalized spacial score (nSPS) is 10.9. The Kier molecular flexibility index (Phi) is 2.78. The monoisotopic (exact) mass is 268 g/mol. The lowest BCUT2D eigenvalue weighted by atomic mass is 10.2. The molecule has 3 rings (SSSR count). The zero-order valence-electron chi connectivity index (χ0n) is 11.7. The highest BCUT2D eigenvalue weighted by Crippen LogP contribution is 2.26. The highest BCUT2D eigenvalue weighted by molar-refractivity contribution is 5.85. The van der Waals surface area contributed by atoms with Gasteiger partial charge >= 0.3 is 0 Å². The lowest BCUT2D eigenvalue weighted by molar-refractivity contribution is 0.751. The number of rotatable bonds is 2. The molecule has 2 heterocycles. The van der Waals surface area contributed by atoms with Crippen LogP contribution in [0.1, 0.15) is 5.69 Å². The second kappa shape index (κ2) is 4.48. The minimum absolute atomic E-state index is 0.268. The van der Waals surface area contributed by atoms with Crippen LogP contribution in [0.15, 0.2) is 30.5 Å². The Bertz CT molecular complexity index is 776. The van der Waals surface area contributed by atoms with Gasteiger partial charge in [-0.05, 0) is 31.2 Å². The fourth-order valence-corrected chi connectivity index (χ4v) is 2.21. The lowest BCUT2D eigenvalue weighted by Crippen LogP contribution is -2.12. The maximum atomic E-state index is 5.62. The van der Waals surface area contributed by atoms with E-state index in [4.69, 9.17) is 5.73 Å². The molecule has 0 fully saturated rings. The van der Waals surface area contributed by atoms with Crippen molar-refractivity contribution >= 4 is 28.4 Å². The molecule has 0 spiro atoms. The molecule has 2 aromatic heterocycles. The predicted molar refractivity (Wildman–Crippen MR) is 80.0 cm³/mol. The van der Waals surface area contributed by atoms with Gasteiger partial charge in [0.15, 0.2) is 0 Å². The average Bonchev–Trinajstić information content (AvgIpc) is 2.73. The van der Waals surface area contributed by atoms with E-state index in [1.807, 2.05) is 35.8 Å². The SMILES string of the molecule is Cc1c2ccc(N(C)c3ccnc(N)n3)cc2nn1C. The predicted octanol–water partition coefficient (Wildman–Crippen LogP) is 2.02. The van der Waals surface area contributed by atoms with Crippen molar-refractivity contribution < 1.29 is 0 Å². The topological polar surface area (TPSA) is 72.9 Å². The van der Waals surface area contributed by atoms with E-state index in [9.17, 15) is 0 Å². The first-order valence-corrected chi connectivity index (χ1v) is 6.32. The fourth-order valence-electron chi connectivity index (χ4n) is 2.21. The summed E-state index contributed by atoms with van der Waals surface area (Å²) in [5, 5.41) is 5.66. The lowest BCUT2D eigenvalue weighted by Gasteiger charge is -2.18. The molecule has 0 amide bonds. The van der Waals surface area contributed by atoms with Gasteiger partial charge in [-0.3, -0.25) is 4.68 Å². The molecular weight excluding hydrogens is 252 g/mol. The number of fused-ring (bicyclic) bond motifs is 1. The summed E-state index contributed by atoms with van der Waals surface area (Å²) < 4.78 is 1.89. The minimum atomic E-state index is 0.268. The van der Waals surface area contributed by atoms with Crippen molar-refractivity contribution in [1.29, 1.82) is 0 Å². The molecule has 1 aromatic carbocycles. The number of nitrogens with zero attached hydrogens (tertiary/aromatic N) is 5. The van der Waals surface area contributed by atoms with Crippen molar-refractivity contribution in [2.24, 2.45) is 7.05 Å². The molecule has 0 atom stereocenters. The quantitative estimate of drug-likeness (QED) is 0.769. The van der Waals surface area contributed by atoms with Gasteiger partial charge in [0.25, 0.3) is 0 Å².